The number of benzene rings is 1. The van der Waals surface area contributed by atoms with Gasteiger partial charge in [-0.05, 0) is 25.5 Å². The highest BCUT2D eigenvalue weighted by Gasteiger charge is 2.60. The van der Waals surface area contributed by atoms with Gasteiger partial charge in [0.05, 0.1) is 34.8 Å². The lowest BCUT2D eigenvalue weighted by Crippen LogP contribution is -2.37. The Kier molecular flexibility index (Phi) is 4.60. The smallest absolute Gasteiger partial charge is 0.261 e. The van der Waals surface area contributed by atoms with Crippen molar-refractivity contribution in [2.24, 2.45) is 7.05 Å². The molecule has 1 amide bonds. The minimum absolute atomic E-state index is 0.126. The molecule has 6 nitrogen and oxygen atoms in total. The number of aryl methyl sites for hydroxylation is 1. The van der Waals surface area contributed by atoms with Crippen molar-refractivity contribution in [3.63, 3.8) is 0 Å². The quantitative estimate of drug-likeness (QED) is 0.552. The zero-order valence-corrected chi connectivity index (χ0v) is 18.0. The first-order valence-corrected chi connectivity index (χ1v) is 10.3. The van der Waals surface area contributed by atoms with E-state index in [4.69, 9.17) is 0 Å². The number of alkyl halides is 2. The highest BCUT2D eigenvalue weighted by molar-refractivity contribution is 5.97. The first-order chi connectivity index (χ1) is 15.5. The van der Waals surface area contributed by atoms with Crippen LogP contribution in [0.5, 0.6) is 0 Å². The first kappa shape index (κ1) is 21.5. The Balaban J connectivity index is 1.52. The number of nitrogens with zero attached hydrogens (tertiary/aromatic N) is 4. The number of carbonyl (C=O) groups excluding carboxylic acids is 1. The number of hydrogen-bond acceptors (Lipinski definition) is 4. The third-order valence-corrected chi connectivity index (χ3v) is 6.43. The van der Waals surface area contributed by atoms with E-state index in [1.165, 1.54) is 22.8 Å². The van der Waals surface area contributed by atoms with E-state index in [-0.39, 0.29) is 29.8 Å². The summed E-state index contributed by atoms with van der Waals surface area (Å²) in [5.74, 6) is -8.47. The number of allylic oxidation sites excluding steroid dienone is 2. The molecule has 1 atom stereocenters. The molecule has 1 saturated carbocycles. The second kappa shape index (κ2) is 7.06. The summed E-state index contributed by atoms with van der Waals surface area (Å²) in [7, 11) is 3.17. The van der Waals surface area contributed by atoms with Gasteiger partial charge < -0.3 is 4.90 Å². The average Bonchev–Trinajstić information content (AvgIpc) is 3.06. The van der Waals surface area contributed by atoms with Crippen molar-refractivity contribution in [3.05, 3.63) is 69.6 Å². The monoisotopic (exact) mass is 465 g/mol. The fourth-order valence-electron chi connectivity index (χ4n) is 4.68. The molecule has 174 valence electrons. The van der Waals surface area contributed by atoms with Crippen molar-refractivity contribution in [2.75, 3.05) is 13.6 Å². The summed E-state index contributed by atoms with van der Waals surface area (Å²) in [6.07, 6.45) is 1.32. The van der Waals surface area contributed by atoms with Gasteiger partial charge in [0.2, 0.25) is 0 Å². The Hall–Kier alpha value is -3.37. The van der Waals surface area contributed by atoms with Crippen LogP contribution in [0, 0.1) is 17.5 Å². The molecular formula is C22H20F5N5O. The second-order valence-electron chi connectivity index (χ2n) is 8.50. The van der Waals surface area contributed by atoms with Gasteiger partial charge in [-0.3, -0.25) is 19.9 Å². The van der Waals surface area contributed by atoms with Crippen LogP contribution in [0.25, 0.3) is 5.70 Å². The van der Waals surface area contributed by atoms with Crippen LogP contribution in [0.4, 0.5) is 22.0 Å². The van der Waals surface area contributed by atoms with Crippen LogP contribution in [0.2, 0.25) is 0 Å². The molecule has 5 rings (SSSR count). The van der Waals surface area contributed by atoms with Crippen molar-refractivity contribution in [1.82, 2.24) is 25.1 Å². The molecule has 0 bridgehead atoms. The fourth-order valence-corrected chi connectivity index (χ4v) is 4.68. The Morgan fingerprint density at radius 1 is 1.18 bits per heavy atom. The maximum Gasteiger partial charge on any atom is 0.261 e. The van der Waals surface area contributed by atoms with Crippen LogP contribution in [0.3, 0.4) is 0 Å². The fraction of sp³-hybridized carbons (Fsp3) is 0.364. The van der Waals surface area contributed by atoms with E-state index >= 15 is 0 Å². The van der Waals surface area contributed by atoms with Crippen LogP contribution in [0.1, 0.15) is 47.3 Å². The van der Waals surface area contributed by atoms with E-state index in [0.717, 1.165) is 12.1 Å². The van der Waals surface area contributed by atoms with Crippen molar-refractivity contribution >= 4 is 11.6 Å². The number of aromatic nitrogens is 2. The molecule has 1 unspecified atom stereocenters. The summed E-state index contributed by atoms with van der Waals surface area (Å²) in [5.41, 5.74) is 5.85. The van der Waals surface area contributed by atoms with Gasteiger partial charge in [0, 0.05) is 43.9 Å². The zero-order valence-electron chi connectivity index (χ0n) is 18.0. The van der Waals surface area contributed by atoms with Crippen LogP contribution in [-0.2, 0) is 7.05 Å². The maximum atomic E-state index is 13.8. The van der Waals surface area contributed by atoms with Crippen LogP contribution in [0.15, 0.2) is 35.3 Å². The van der Waals surface area contributed by atoms with Crippen LogP contribution >= 0.6 is 0 Å². The predicted octanol–water partition coefficient (Wildman–Crippen LogP) is 3.90. The number of fused-ring (bicyclic) bond motifs is 1. The van der Waals surface area contributed by atoms with E-state index in [2.05, 4.69) is 10.5 Å². The molecule has 1 N–H and O–H groups in total. The van der Waals surface area contributed by atoms with E-state index in [1.807, 2.05) is 0 Å². The summed E-state index contributed by atoms with van der Waals surface area (Å²) >= 11 is 0. The normalized spacial score (nSPS) is 21.5. The molecule has 3 heterocycles. The van der Waals surface area contributed by atoms with Crippen LogP contribution in [-0.4, -0.2) is 45.1 Å². The number of carbonyl (C=O) groups is 1. The first-order valence-electron chi connectivity index (χ1n) is 10.3. The van der Waals surface area contributed by atoms with Gasteiger partial charge in [-0.1, -0.05) is 0 Å². The predicted molar refractivity (Wildman–Crippen MR) is 108 cm³/mol. The third-order valence-electron chi connectivity index (χ3n) is 6.43. The SMILES string of the molecule is CC1=C2NN(C)C(c3cc(F)c(F)c(F)c3)=C2CCN1C(=O)c1cnn(C)c1C1CC1(F)F. The van der Waals surface area contributed by atoms with Crippen LogP contribution < -0.4 is 5.43 Å². The molecule has 1 aromatic carbocycles. The molecule has 33 heavy (non-hydrogen) atoms. The lowest BCUT2D eigenvalue weighted by Gasteiger charge is -2.30. The summed E-state index contributed by atoms with van der Waals surface area (Å²) in [6.45, 7) is 1.92. The molecule has 11 heteroatoms. The number of hydrogen-bond donors (Lipinski definition) is 1. The second-order valence-corrected chi connectivity index (χ2v) is 8.50. The lowest BCUT2D eigenvalue weighted by molar-refractivity contribution is 0.0797. The van der Waals surface area contributed by atoms with Crippen molar-refractivity contribution in [2.45, 2.75) is 31.6 Å². The van der Waals surface area contributed by atoms with Gasteiger partial charge in [-0.2, -0.15) is 5.10 Å². The van der Waals surface area contributed by atoms with E-state index in [0.29, 0.717) is 29.1 Å². The third kappa shape index (κ3) is 3.20. The number of halogens is 5. The van der Waals surface area contributed by atoms with Gasteiger partial charge in [0.1, 0.15) is 0 Å². The van der Waals surface area contributed by atoms with Gasteiger partial charge in [-0.15, -0.1) is 0 Å². The summed E-state index contributed by atoms with van der Waals surface area (Å²) in [4.78, 5) is 14.8. The number of hydrazine groups is 1. The van der Waals surface area contributed by atoms with Gasteiger partial charge in [0.25, 0.3) is 11.8 Å². The number of rotatable bonds is 3. The maximum absolute atomic E-state index is 13.8. The molecule has 1 aliphatic carbocycles. The van der Waals surface area contributed by atoms with E-state index < -0.39 is 35.2 Å². The summed E-state index contributed by atoms with van der Waals surface area (Å²) in [5, 5.41) is 5.57. The highest BCUT2D eigenvalue weighted by atomic mass is 19.3. The highest BCUT2D eigenvalue weighted by Crippen LogP contribution is 2.56. The minimum Gasteiger partial charge on any atom is -0.310 e. The van der Waals surface area contributed by atoms with Gasteiger partial charge in [0.15, 0.2) is 17.5 Å². The molecule has 2 aliphatic heterocycles. The Morgan fingerprint density at radius 2 is 1.82 bits per heavy atom. The molecule has 3 aliphatic rings. The molecule has 1 fully saturated rings. The van der Waals surface area contributed by atoms with E-state index in [1.54, 1.807) is 19.0 Å². The minimum atomic E-state index is -2.85. The van der Waals surface area contributed by atoms with Crippen molar-refractivity contribution in [3.8, 4) is 0 Å². The summed E-state index contributed by atoms with van der Waals surface area (Å²) in [6, 6.07) is 1.85. The summed E-state index contributed by atoms with van der Waals surface area (Å²) < 4.78 is 69.9. The molecule has 0 saturated heterocycles. The molecule has 0 radical (unpaired) electrons. The standard InChI is InChI=1S/C22H20F5N5O/c1-10-18-12(19(31(3)29-18)11-6-15(23)17(25)16(24)7-11)4-5-32(10)21(33)13-9-28-30(2)20(13)14-8-22(14,26)27/h6-7,9,14,29H,4-5,8H2,1-3H3. The topological polar surface area (TPSA) is 53.4 Å². The molecule has 0 spiro atoms. The zero-order chi connectivity index (χ0) is 23.8. The Morgan fingerprint density at radius 3 is 2.42 bits per heavy atom. The largest absolute Gasteiger partial charge is 0.310 e. The molecular weight excluding hydrogens is 445 g/mol. The Labute approximate surface area is 185 Å². The Bertz CT molecular complexity index is 1240. The lowest BCUT2D eigenvalue weighted by atomic mass is 9.97. The number of nitrogens with one attached hydrogen (secondary N) is 1. The molecule has 1 aromatic heterocycles. The van der Waals surface area contributed by atoms with E-state index in [9.17, 15) is 26.7 Å². The van der Waals surface area contributed by atoms with Gasteiger partial charge in [-0.25, -0.2) is 22.0 Å². The van der Waals surface area contributed by atoms with Crippen molar-refractivity contribution in [1.29, 1.82) is 0 Å². The van der Waals surface area contributed by atoms with Crippen molar-refractivity contribution < 1.29 is 26.7 Å². The molecule has 2 aromatic rings. The van der Waals surface area contributed by atoms with Gasteiger partial charge >= 0.3 is 0 Å². The number of amides is 1. The average molecular weight is 465 g/mol.